The number of ketones is 1. The number of carbonyl (C=O) groups excluding carboxylic acids is 1. The topological polar surface area (TPSA) is 38.8 Å². The normalized spacial score (nSPS) is 43.8. The van der Waals surface area contributed by atoms with E-state index in [0.717, 1.165) is 0 Å². The molecule has 0 amide bonds. The minimum absolute atomic E-state index is 0.109. The van der Waals surface area contributed by atoms with Gasteiger partial charge >= 0.3 is 0 Å². The van der Waals surface area contributed by atoms with Crippen LogP contribution < -0.4 is 0 Å². The van der Waals surface area contributed by atoms with Crippen LogP contribution in [0.25, 0.3) is 0 Å². The van der Waals surface area contributed by atoms with Crippen LogP contribution in [0.15, 0.2) is 0 Å². The summed E-state index contributed by atoms with van der Waals surface area (Å²) in [6.07, 6.45) is 0. The molecule has 44 valence electrons. The molecule has 0 aromatic rings. The van der Waals surface area contributed by atoms with Crippen molar-refractivity contribution in [1.82, 2.24) is 0 Å². The predicted molar refractivity (Wildman–Crippen MR) is 24.5 cm³/mol. The van der Waals surface area contributed by atoms with Gasteiger partial charge in [-0.1, -0.05) is 0 Å². The summed E-state index contributed by atoms with van der Waals surface area (Å²) in [5.41, 5.74) is -0.458. The molecule has 0 aromatic heterocycles. The summed E-state index contributed by atoms with van der Waals surface area (Å²) in [5.74, 6) is 0.109. The Morgan fingerprint density at radius 3 is 2.50 bits per heavy atom. The molecule has 2 aliphatic heterocycles. The molecule has 8 heavy (non-hydrogen) atoms. The molecule has 1 spiro atoms. The molecule has 0 saturated carbocycles. The van der Waals surface area contributed by atoms with Gasteiger partial charge in [-0.05, 0) is 0 Å². The van der Waals surface area contributed by atoms with E-state index in [4.69, 9.17) is 9.47 Å². The van der Waals surface area contributed by atoms with Crippen molar-refractivity contribution < 1.29 is 14.3 Å². The molecule has 0 N–H and O–H groups in total. The van der Waals surface area contributed by atoms with E-state index < -0.39 is 5.60 Å². The van der Waals surface area contributed by atoms with Gasteiger partial charge in [0.1, 0.15) is 6.61 Å². The Labute approximate surface area is 46.6 Å². The molecule has 2 aliphatic rings. The highest BCUT2D eigenvalue weighted by atomic mass is 16.6. The van der Waals surface area contributed by atoms with Crippen molar-refractivity contribution in [1.29, 1.82) is 0 Å². The lowest BCUT2D eigenvalue weighted by Gasteiger charge is -1.89. The first kappa shape index (κ1) is 4.47. The Balaban J connectivity index is 2.23. The number of hydrogen-bond acceptors (Lipinski definition) is 3. The zero-order valence-corrected chi connectivity index (χ0v) is 4.35. The maximum Gasteiger partial charge on any atom is 0.194 e. The van der Waals surface area contributed by atoms with E-state index >= 15 is 0 Å². The molecule has 3 heteroatoms. The number of rotatable bonds is 0. The third-order valence-electron chi connectivity index (χ3n) is 1.57. The second-order valence-electron chi connectivity index (χ2n) is 2.20. The molecule has 2 rings (SSSR count). The zero-order chi connectivity index (χ0) is 5.61. The SMILES string of the molecule is O=C1COCC12CO2. The van der Waals surface area contributed by atoms with Crippen molar-refractivity contribution in [3.63, 3.8) is 0 Å². The zero-order valence-electron chi connectivity index (χ0n) is 4.35. The second-order valence-corrected chi connectivity index (χ2v) is 2.20. The van der Waals surface area contributed by atoms with Gasteiger partial charge in [0.15, 0.2) is 11.4 Å². The van der Waals surface area contributed by atoms with Gasteiger partial charge in [-0.2, -0.15) is 0 Å². The highest BCUT2D eigenvalue weighted by molar-refractivity contribution is 5.92. The van der Waals surface area contributed by atoms with E-state index in [2.05, 4.69) is 0 Å². The van der Waals surface area contributed by atoms with Crippen molar-refractivity contribution in [2.45, 2.75) is 5.60 Å². The molecule has 2 heterocycles. The van der Waals surface area contributed by atoms with E-state index in [-0.39, 0.29) is 12.4 Å². The second kappa shape index (κ2) is 1.11. The number of Topliss-reactive ketones (excluding diaryl/α,β-unsaturated/α-hetero) is 1. The summed E-state index contributed by atoms with van der Waals surface area (Å²) < 4.78 is 9.75. The summed E-state index contributed by atoms with van der Waals surface area (Å²) in [6, 6.07) is 0. The fourth-order valence-corrected chi connectivity index (χ4v) is 0.852. The summed E-state index contributed by atoms with van der Waals surface area (Å²) in [5, 5.41) is 0. The molecular formula is C5H6O3. The van der Waals surface area contributed by atoms with Gasteiger partial charge in [0.2, 0.25) is 0 Å². The lowest BCUT2D eigenvalue weighted by molar-refractivity contribution is -0.121. The monoisotopic (exact) mass is 114 g/mol. The van der Waals surface area contributed by atoms with Crippen molar-refractivity contribution in [2.75, 3.05) is 19.8 Å². The number of epoxide rings is 1. The largest absolute Gasteiger partial charge is 0.370 e. The van der Waals surface area contributed by atoms with Gasteiger partial charge < -0.3 is 9.47 Å². The third-order valence-corrected chi connectivity index (χ3v) is 1.57. The van der Waals surface area contributed by atoms with Crippen LogP contribution in [0.5, 0.6) is 0 Å². The Hall–Kier alpha value is -0.410. The van der Waals surface area contributed by atoms with Crippen molar-refractivity contribution in [3.05, 3.63) is 0 Å². The first-order chi connectivity index (χ1) is 3.83. The van der Waals surface area contributed by atoms with Crippen LogP contribution in [0.2, 0.25) is 0 Å². The Kier molecular flexibility index (Phi) is 0.623. The molecule has 0 aliphatic carbocycles. The average Bonchev–Trinajstić information content (AvgIpc) is 2.39. The molecule has 0 bridgehead atoms. The van der Waals surface area contributed by atoms with Crippen LogP contribution in [0.3, 0.4) is 0 Å². The maximum atomic E-state index is 10.7. The van der Waals surface area contributed by atoms with Gasteiger partial charge in [0.25, 0.3) is 0 Å². The van der Waals surface area contributed by atoms with Gasteiger partial charge in [-0.25, -0.2) is 0 Å². The van der Waals surface area contributed by atoms with Gasteiger partial charge in [-0.3, -0.25) is 4.79 Å². The van der Waals surface area contributed by atoms with E-state index in [1.165, 1.54) is 0 Å². The lowest BCUT2D eigenvalue weighted by Crippen LogP contribution is -2.21. The highest BCUT2D eigenvalue weighted by Gasteiger charge is 2.55. The molecule has 1 atom stereocenters. The fourth-order valence-electron chi connectivity index (χ4n) is 0.852. The van der Waals surface area contributed by atoms with Crippen molar-refractivity contribution in [3.8, 4) is 0 Å². The number of carbonyl (C=O) groups is 1. The molecule has 2 fully saturated rings. The summed E-state index contributed by atoms with van der Waals surface area (Å²) >= 11 is 0. The Morgan fingerprint density at radius 2 is 2.25 bits per heavy atom. The van der Waals surface area contributed by atoms with Crippen LogP contribution in [0.4, 0.5) is 0 Å². The minimum atomic E-state index is -0.458. The molecule has 0 radical (unpaired) electrons. The van der Waals surface area contributed by atoms with Gasteiger partial charge in [-0.15, -0.1) is 0 Å². The van der Waals surface area contributed by atoms with Crippen LogP contribution >= 0.6 is 0 Å². The first-order valence-corrected chi connectivity index (χ1v) is 2.58. The number of hydrogen-bond donors (Lipinski definition) is 0. The standard InChI is InChI=1S/C5H6O3/c6-4-1-7-2-5(4)3-8-5/h1-3H2. The Bertz CT molecular complexity index is 137. The molecule has 3 nitrogen and oxygen atoms in total. The molecule has 0 aromatic carbocycles. The van der Waals surface area contributed by atoms with Gasteiger partial charge in [0.05, 0.1) is 13.2 Å². The van der Waals surface area contributed by atoms with Crippen LogP contribution in [0.1, 0.15) is 0 Å². The van der Waals surface area contributed by atoms with E-state index in [1.807, 2.05) is 0 Å². The maximum absolute atomic E-state index is 10.7. The van der Waals surface area contributed by atoms with Crippen LogP contribution in [-0.4, -0.2) is 31.2 Å². The van der Waals surface area contributed by atoms with E-state index in [9.17, 15) is 4.79 Å². The minimum Gasteiger partial charge on any atom is -0.370 e. The molecule has 2 saturated heterocycles. The van der Waals surface area contributed by atoms with E-state index in [0.29, 0.717) is 13.2 Å². The van der Waals surface area contributed by atoms with Crippen LogP contribution in [-0.2, 0) is 14.3 Å². The average molecular weight is 114 g/mol. The van der Waals surface area contributed by atoms with Crippen molar-refractivity contribution >= 4 is 5.78 Å². The first-order valence-electron chi connectivity index (χ1n) is 2.58. The van der Waals surface area contributed by atoms with Crippen molar-refractivity contribution in [2.24, 2.45) is 0 Å². The molecular weight excluding hydrogens is 108 g/mol. The molecule has 1 unspecified atom stereocenters. The third kappa shape index (κ3) is 0.381. The van der Waals surface area contributed by atoms with E-state index in [1.54, 1.807) is 0 Å². The smallest absolute Gasteiger partial charge is 0.194 e. The van der Waals surface area contributed by atoms with Gasteiger partial charge in [0, 0.05) is 0 Å². The number of ether oxygens (including phenoxy) is 2. The quantitative estimate of drug-likeness (QED) is 0.393. The Morgan fingerprint density at radius 1 is 1.50 bits per heavy atom. The van der Waals surface area contributed by atoms with Crippen LogP contribution in [0, 0.1) is 0 Å². The highest BCUT2D eigenvalue weighted by Crippen LogP contribution is 2.32. The lowest BCUT2D eigenvalue weighted by atomic mass is 10.1. The summed E-state index contributed by atoms with van der Waals surface area (Å²) in [4.78, 5) is 10.7. The summed E-state index contributed by atoms with van der Waals surface area (Å²) in [7, 11) is 0. The summed E-state index contributed by atoms with van der Waals surface area (Å²) in [6.45, 7) is 1.30. The fraction of sp³-hybridized carbons (Fsp3) is 0.800. The predicted octanol–water partition coefficient (Wildman–Crippen LogP) is -0.645.